The lowest BCUT2D eigenvalue weighted by Gasteiger charge is -2.38. The molecular weight excluding hydrogens is 363 g/mol. The van der Waals surface area contributed by atoms with Crippen molar-refractivity contribution in [1.29, 1.82) is 0 Å². The van der Waals surface area contributed by atoms with Crippen LogP contribution in [0.2, 0.25) is 10.0 Å². The highest BCUT2D eigenvalue weighted by atomic mass is 35.5. The minimum absolute atomic E-state index is 0.00615. The Bertz CT molecular complexity index is 853. The van der Waals surface area contributed by atoms with Gasteiger partial charge in [0, 0.05) is 22.8 Å². The summed E-state index contributed by atoms with van der Waals surface area (Å²) in [6, 6.07) is 5.23. The lowest BCUT2D eigenvalue weighted by atomic mass is 10.2. The number of anilines is 2. The summed E-state index contributed by atoms with van der Waals surface area (Å²) >= 11 is 12.4. The van der Waals surface area contributed by atoms with Gasteiger partial charge in [-0.1, -0.05) is 30.1 Å². The van der Waals surface area contributed by atoms with Crippen molar-refractivity contribution < 1.29 is 5.11 Å². The third kappa shape index (κ3) is 3.40. The van der Waals surface area contributed by atoms with Gasteiger partial charge in [-0.2, -0.15) is 0 Å². The number of benzene rings is 1. The van der Waals surface area contributed by atoms with Crippen LogP contribution in [0.25, 0.3) is 0 Å². The van der Waals surface area contributed by atoms with Gasteiger partial charge in [0.15, 0.2) is 0 Å². The zero-order valence-electron chi connectivity index (χ0n) is 14.2. The van der Waals surface area contributed by atoms with Crippen LogP contribution >= 0.6 is 23.2 Å². The van der Waals surface area contributed by atoms with Gasteiger partial charge in [0.1, 0.15) is 0 Å². The number of fused-ring (bicyclic) bond motifs is 1. The van der Waals surface area contributed by atoms with Crippen molar-refractivity contribution in [1.82, 2.24) is 14.5 Å². The van der Waals surface area contributed by atoms with Crippen molar-refractivity contribution >= 4 is 34.8 Å². The molecule has 1 aliphatic heterocycles. The number of aryl methyl sites for hydroxylation is 1. The number of hydrogen-bond acceptors (Lipinski definition) is 5. The molecule has 0 atom stereocenters. The predicted octanol–water partition coefficient (Wildman–Crippen LogP) is 2.78. The van der Waals surface area contributed by atoms with Gasteiger partial charge >= 0.3 is 0 Å². The van der Waals surface area contributed by atoms with Gasteiger partial charge in [-0.05, 0) is 31.5 Å². The topological polar surface area (TPSA) is 61.6 Å². The molecule has 3 rings (SSSR count). The van der Waals surface area contributed by atoms with Crippen molar-refractivity contribution in [2.45, 2.75) is 26.9 Å². The van der Waals surface area contributed by atoms with E-state index in [9.17, 15) is 9.90 Å². The SMILES string of the molecule is CCc1c(C)nc2n(c1=O)CN(CCO)CN2c1ccc(Cl)cc1Cl. The van der Waals surface area contributed by atoms with Crippen molar-refractivity contribution in [2.24, 2.45) is 0 Å². The average Bonchev–Trinajstić information content (AvgIpc) is 2.56. The van der Waals surface area contributed by atoms with E-state index in [-0.39, 0.29) is 12.2 Å². The van der Waals surface area contributed by atoms with E-state index in [1.165, 1.54) is 0 Å². The predicted molar refractivity (Wildman–Crippen MR) is 99.9 cm³/mol. The number of aliphatic hydroxyl groups is 1. The first kappa shape index (κ1) is 18.2. The molecule has 0 bridgehead atoms. The van der Waals surface area contributed by atoms with E-state index < -0.39 is 0 Å². The number of aliphatic hydroxyl groups excluding tert-OH is 1. The molecule has 0 aliphatic carbocycles. The van der Waals surface area contributed by atoms with Gasteiger partial charge in [0.2, 0.25) is 5.95 Å². The first-order valence-corrected chi connectivity index (χ1v) is 8.88. The molecule has 25 heavy (non-hydrogen) atoms. The van der Waals surface area contributed by atoms with Gasteiger partial charge in [-0.15, -0.1) is 0 Å². The fourth-order valence-electron chi connectivity index (χ4n) is 3.10. The van der Waals surface area contributed by atoms with E-state index >= 15 is 0 Å². The number of β-amino-alcohol motifs (C(OH)–C–C–N with tert-alkyl or cyclic N) is 1. The fraction of sp³-hybridized carbons (Fsp3) is 0.412. The lowest BCUT2D eigenvalue weighted by molar-refractivity contribution is 0.152. The summed E-state index contributed by atoms with van der Waals surface area (Å²) in [5.74, 6) is 0.554. The number of halogens is 2. The maximum atomic E-state index is 12.9. The van der Waals surface area contributed by atoms with E-state index in [4.69, 9.17) is 23.2 Å². The Balaban J connectivity index is 2.18. The molecule has 0 spiro atoms. The van der Waals surface area contributed by atoms with Gasteiger partial charge < -0.3 is 5.11 Å². The third-order valence-electron chi connectivity index (χ3n) is 4.34. The molecule has 1 aromatic carbocycles. The van der Waals surface area contributed by atoms with E-state index in [0.717, 1.165) is 11.4 Å². The third-order valence-corrected chi connectivity index (χ3v) is 4.88. The summed E-state index contributed by atoms with van der Waals surface area (Å²) in [6.45, 7) is 5.11. The summed E-state index contributed by atoms with van der Waals surface area (Å²) < 4.78 is 1.63. The van der Waals surface area contributed by atoms with Crippen LogP contribution in [0.15, 0.2) is 23.0 Å². The molecule has 0 saturated carbocycles. The molecule has 0 amide bonds. The van der Waals surface area contributed by atoms with E-state index in [1.807, 2.05) is 29.7 Å². The maximum absolute atomic E-state index is 12.9. The second-order valence-corrected chi connectivity index (χ2v) is 6.83. The van der Waals surface area contributed by atoms with Crippen molar-refractivity contribution in [3.05, 3.63) is 49.9 Å². The monoisotopic (exact) mass is 382 g/mol. The Hall–Kier alpha value is -1.60. The number of aromatic nitrogens is 2. The van der Waals surface area contributed by atoms with Crippen LogP contribution in [0.5, 0.6) is 0 Å². The Morgan fingerprint density at radius 2 is 2.04 bits per heavy atom. The minimum atomic E-state index is -0.0530. The minimum Gasteiger partial charge on any atom is -0.395 e. The Morgan fingerprint density at radius 3 is 2.68 bits per heavy atom. The van der Waals surface area contributed by atoms with Crippen LogP contribution in [-0.4, -0.2) is 39.4 Å². The molecule has 6 nitrogen and oxygen atoms in total. The summed E-state index contributed by atoms with van der Waals surface area (Å²) in [7, 11) is 0. The van der Waals surface area contributed by atoms with Crippen LogP contribution in [0.1, 0.15) is 18.2 Å². The Morgan fingerprint density at radius 1 is 1.28 bits per heavy atom. The van der Waals surface area contributed by atoms with Crippen molar-refractivity contribution in [2.75, 3.05) is 24.7 Å². The lowest BCUT2D eigenvalue weighted by Crippen LogP contribution is -2.48. The smallest absolute Gasteiger partial charge is 0.259 e. The highest BCUT2D eigenvalue weighted by molar-refractivity contribution is 6.36. The zero-order valence-corrected chi connectivity index (χ0v) is 15.7. The fourth-order valence-corrected chi connectivity index (χ4v) is 3.61. The second kappa shape index (κ2) is 7.33. The van der Waals surface area contributed by atoms with Crippen LogP contribution < -0.4 is 10.5 Å². The molecule has 0 unspecified atom stereocenters. The first-order valence-electron chi connectivity index (χ1n) is 8.12. The van der Waals surface area contributed by atoms with Gasteiger partial charge in [-0.25, -0.2) is 4.98 Å². The largest absolute Gasteiger partial charge is 0.395 e. The van der Waals surface area contributed by atoms with E-state index in [1.54, 1.807) is 16.7 Å². The van der Waals surface area contributed by atoms with Gasteiger partial charge in [0.05, 0.1) is 30.7 Å². The van der Waals surface area contributed by atoms with Crippen molar-refractivity contribution in [3.8, 4) is 0 Å². The molecule has 0 fully saturated rings. The van der Waals surface area contributed by atoms with Crippen LogP contribution in [0, 0.1) is 6.92 Å². The normalized spacial score (nSPS) is 14.7. The molecule has 2 heterocycles. The van der Waals surface area contributed by atoms with E-state index in [0.29, 0.717) is 47.9 Å². The van der Waals surface area contributed by atoms with Crippen LogP contribution in [0.4, 0.5) is 11.6 Å². The quantitative estimate of drug-likeness (QED) is 0.880. The van der Waals surface area contributed by atoms with Crippen molar-refractivity contribution in [3.63, 3.8) is 0 Å². The molecule has 134 valence electrons. The Labute approximate surface area is 156 Å². The maximum Gasteiger partial charge on any atom is 0.259 e. The molecule has 0 radical (unpaired) electrons. The molecule has 1 aromatic heterocycles. The average molecular weight is 383 g/mol. The molecule has 1 N–H and O–H groups in total. The highest BCUT2D eigenvalue weighted by Crippen LogP contribution is 2.34. The highest BCUT2D eigenvalue weighted by Gasteiger charge is 2.28. The molecular formula is C17H20Cl2N4O2. The van der Waals surface area contributed by atoms with Crippen LogP contribution in [0.3, 0.4) is 0 Å². The van der Waals surface area contributed by atoms with Gasteiger partial charge in [-0.3, -0.25) is 19.2 Å². The summed E-state index contributed by atoms with van der Waals surface area (Å²) in [5.41, 5.74) is 2.10. The van der Waals surface area contributed by atoms with Gasteiger partial charge in [0.25, 0.3) is 5.56 Å². The summed E-state index contributed by atoms with van der Waals surface area (Å²) in [4.78, 5) is 21.4. The standard InChI is InChI=1S/C17H20Cl2N4O2/c1-3-13-11(2)20-17-22(15-5-4-12(18)8-14(15)19)9-21(6-7-24)10-23(17)16(13)25/h4-5,8,24H,3,6-7,9-10H2,1-2H3. The number of nitrogens with zero attached hydrogens (tertiary/aromatic N) is 4. The zero-order chi connectivity index (χ0) is 18.1. The Kier molecular flexibility index (Phi) is 5.34. The molecule has 8 heteroatoms. The molecule has 2 aromatic rings. The summed E-state index contributed by atoms with van der Waals surface area (Å²) in [5, 5.41) is 10.3. The summed E-state index contributed by atoms with van der Waals surface area (Å²) in [6.07, 6.45) is 0.625. The second-order valence-electron chi connectivity index (χ2n) is 5.99. The van der Waals surface area contributed by atoms with Crippen LogP contribution in [-0.2, 0) is 13.1 Å². The number of hydrogen-bond donors (Lipinski definition) is 1. The molecule has 1 aliphatic rings. The number of rotatable bonds is 4. The first-order chi connectivity index (χ1) is 12.0. The van der Waals surface area contributed by atoms with E-state index in [2.05, 4.69) is 4.98 Å². The molecule has 0 saturated heterocycles.